The molecule has 2 unspecified atom stereocenters. The first kappa shape index (κ1) is 17.8. The summed E-state index contributed by atoms with van der Waals surface area (Å²) in [6.07, 6.45) is 3.54. The molecule has 1 aliphatic heterocycles. The van der Waals surface area contributed by atoms with Crippen LogP contribution < -0.4 is 4.74 Å². The van der Waals surface area contributed by atoms with Gasteiger partial charge in [-0.3, -0.25) is 0 Å². The molecule has 0 spiro atoms. The summed E-state index contributed by atoms with van der Waals surface area (Å²) in [6, 6.07) is 14.8. The van der Waals surface area contributed by atoms with E-state index < -0.39 is 0 Å². The predicted molar refractivity (Wildman–Crippen MR) is 107 cm³/mol. The maximum atomic E-state index is 9.85. The van der Waals surface area contributed by atoms with Crippen LogP contribution >= 0.6 is 0 Å². The Bertz CT molecular complexity index is 1030. The van der Waals surface area contributed by atoms with Crippen molar-refractivity contribution in [1.29, 1.82) is 0 Å². The van der Waals surface area contributed by atoms with Gasteiger partial charge in [0.15, 0.2) is 0 Å². The van der Waals surface area contributed by atoms with Gasteiger partial charge in [0.25, 0.3) is 0 Å². The summed E-state index contributed by atoms with van der Waals surface area (Å²) >= 11 is 0. The first-order valence-electron chi connectivity index (χ1n) is 8.94. The first-order valence-corrected chi connectivity index (χ1v) is 8.94. The van der Waals surface area contributed by atoms with Crippen LogP contribution in [-0.4, -0.2) is 26.5 Å². The van der Waals surface area contributed by atoms with Crippen LogP contribution in [0.5, 0.6) is 28.7 Å². The fraction of sp³-hybridized carbons (Fsp3) is 0.130. The van der Waals surface area contributed by atoms with Crippen LogP contribution in [0, 0.1) is 0 Å². The van der Waals surface area contributed by atoms with Crippen LogP contribution in [0.4, 0.5) is 0 Å². The van der Waals surface area contributed by atoms with E-state index in [1.807, 2.05) is 31.2 Å². The molecule has 0 saturated heterocycles. The smallest absolute Gasteiger partial charge is 0.123 e. The number of phenols is 4. The molecule has 3 aromatic carbocycles. The lowest BCUT2D eigenvalue weighted by atomic mass is 9.87. The largest absolute Gasteiger partial charge is 0.508 e. The topological polar surface area (TPSA) is 90.2 Å². The highest BCUT2D eigenvalue weighted by molar-refractivity contribution is 5.72. The highest BCUT2D eigenvalue weighted by atomic mass is 16.5. The van der Waals surface area contributed by atoms with E-state index in [1.165, 1.54) is 12.1 Å². The number of ether oxygens (including phenoxy) is 1. The Kier molecular flexibility index (Phi) is 4.35. The molecule has 0 bridgehead atoms. The van der Waals surface area contributed by atoms with E-state index in [2.05, 4.69) is 0 Å². The lowest BCUT2D eigenvalue weighted by molar-refractivity contribution is 0.238. The molecule has 1 heterocycles. The van der Waals surface area contributed by atoms with Gasteiger partial charge in [-0.05, 0) is 60.0 Å². The molecule has 2 atom stereocenters. The highest BCUT2D eigenvalue weighted by Crippen LogP contribution is 2.44. The quantitative estimate of drug-likeness (QED) is 0.502. The van der Waals surface area contributed by atoms with Gasteiger partial charge in [-0.15, -0.1) is 0 Å². The molecule has 0 fully saturated rings. The minimum Gasteiger partial charge on any atom is -0.508 e. The minimum absolute atomic E-state index is 0.000384. The van der Waals surface area contributed by atoms with Crippen molar-refractivity contribution in [3.8, 4) is 28.7 Å². The van der Waals surface area contributed by atoms with Crippen molar-refractivity contribution >= 4 is 12.2 Å². The van der Waals surface area contributed by atoms with Crippen molar-refractivity contribution in [1.82, 2.24) is 0 Å². The minimum atomic E-state index is -0.140. The van der Waals surface area contributed by atoms with E-state index in [0.717, 1.165) is 22.4 Å². The summed E-state index contributed by atoms with van der Waals surface area (Å²) in [7, 11) is 0. The van der Waals surface area contributed by atoms with Crippen LogP contribution in [0.15, 0.2) is 54.6 Å². The second-order valence-corrected chi connectivity index (χ2v) is 7.00. The summed E-state index contributed by atoms with van der Waals surface area (Å²) in [5.74, 6) is 0.670. The Labute approximate surface area is 162 Å². The second-order valence-electron chi connectivity index (χ2n) is 7.00. The monoisotopic (exact) mass is 376 g/mol. The molecule has 0 aromatic heterocycles. The van der Waals surface area contributed by atoms with Crippen LogP contribution in [0.25, 0.3) is 12.2 Å². The Balaban J connectivity index is 1.69. The van der Waals surface area contributed by atoms with Gasteiger partial charge in [-0.25, -0.2) is 0 Å². The average molecular weight is 376 g/mol. The Morgan fingerprint density at radius 1 is 0.714 bits per heavy atom. The SMILES string of the molecule is CC1Oc2ccc(/C=C/c3cc(O)cc(O)c3)cc2C1c1cc(O)cc(O)c1. The van der Waals surface area contributed by atoms with Crippen LogP contribution in [-0.2, 0) is 0 Å². The van der Waals surface area contributed by atoms with Gasteiger partial charge in [-0.1, -0.05) is 18.2 Å². The number of fused-ring (bicyclic) bond motifs is 1. The summed E-state index contributed by atoms with van der Waals surface area (Å²) in [5, 5.41) is 38.9. The Morgan fingerprint density at radius 2 is 1.29 bits per heavy atom. The molecule has 28 heavy (non-hydrogen) atoms. The van der Waals surface area contributed by atoms with E-state index in [9.17, 15) is 20.4 Å². The fourth-order valence-electron chi connectivity index (χ4n) is 3.70. The zero-order valence-electron chi connectivity index (χ0n) is 15.2. The van der Waals surface area contributed by atoms with E-state index >= 15 is 0 Å². The molecule has 0 amide bonds. The summed E-state index contributed by atoms with van der Waals surface area (Å²) < 4.78 is 5.95. The molecule has 3 aromatic rings. The zero-order chi connectivity index (χ0) is 19.8. The summed E-state index contributed by atoms with van der Waals surface area (Å²) in [4.78, 5) is 0. The van der Waals surface area contributed by atoms with E-state index in [1.54, 1.807) is 30.3 Å². The second kappa shape index (κ2) is 6.85. The van der Waals surface area contributed by atoms with E-state index in [0.29, 0.717) is 5.56 Å². The van der Waals surface area contributed by atoms with Gasteiger partial charge in [0.05, 0.1) is 0 Å². The summed E-state index contributed by atoms with van der Waals surface area (Å²) in [6.45, 7) is 1.96. The molecule has 5 nitrogen and oxygen atoms in total. The number of rotatable bonds is 3. The molecule has 142 valence electrons. The number of benzene rings is 3. The molecule has 0 aliphatic carbocycles. The third-order valence-corrected chi connectivity index (χ3v) is 4.83. The molecule has 4 N–H and O–H groups in total. The highest BCUT2D eigenvalue weighted by Gasteiger charge is 2.33. The predicted octanol–water partition coefficient (Wildman–Crippen LogP) is 4.59. The van der Waals surface area contributed by atoms with Crippen molar-refractivity contribution in [2.24, 2.45) is 0 Å². The maximum absolute atomic E-state index is 9.85. The molecule has 0 saturated carbocycles. The van der Waals surface area contributed by atoms with Crippen LogP contribution in [0.2, 0.25) is 0 Å². The van der Waals surface area contributed by atoms with Crippen molar-refractivity contribution in [2.75, 3.05) is 0 Å². The van der Waals surface area contributed by atoms with Crippen molar-refractivity contribution < 1.29 is 25.2 Å². The normalized spacial score (nSPS) is 18.2. The van der Waals surface area contributed by atoms with Gasteiger partial charge < -0.3 is 25.2 Å². The fourth-order valence-corrected chi connectivity index (χ4v) is 3.70. The molecule has 4 rings (SSSR count). The molecular weight excluding hydrogens is 356 g/mol. The first-order chi connectivity index (χ1) is 13.4. The maximum Gasteiger partial charge on any atom is 0.123 e. The van der Waals surface area contributed by atoms with Gasteiger partial charge >= 0.3 is 0 Å². The van der Waals surface area contributed by atoms with E-state index in [4.69, 9.17) is 4.74 Å². The lowest BCUT2D eigenvalue weighted by Crippen LogP contribution is -2.15. The Hall–Kier alpha value is -3.60. The molecular formula is C23H20O5. The molecule has 0 radical (unpaired) electrons. The van der Waals surface area contributed by atoms with Crippen molar-refractivity contribution in [3.63, 3.8) is 0 Å². The van der Waals surface area contributed by atoms with E-state index in [-0.39, 0.29) is 35.0 Å². The lowest BCUT2D eigenvalue weighted by Gasteiger charge is -2.16. The third kappa shape index (κ3) is 3.47. The molecule has 1 aliphatic rings. The Morgan fingerprint density at radius 3 is 1.93 bits per heavy atom. The standard InChI is InChI=1S/C23H20O5/c1-13-23(16-9-19(26)12-20(27)10-16)21-8-14(4-5-22(21)28-13)2-3-15-6-17(24)11-18(25)7-15/h2-13,23-27H,1H3/b3-2+. The van der Waals surface area contributed by atoms with Gasteiger partial charge in [0, 0.05) is 23.6 Å². The average Bonchev–Trinajstić information content (AvgIpc) is 2.93. The summed E-state index contributed by atoms with van der Waals surface area (Å²) in [5.41, 5.74) is 3.35. The van der Waals surface area contributed by atoms with Crippen LogP contribution in [0.3, 0.4) is 0 Å². The number of hydrogen-bond donors (Lipinski definition) is 4. The van der Waals surface area contributed by atoms with Gasteiger partial charge in [0.2, 0.25) is 0 Å². The zero-order valence-corrected chi connectivity index (χ0v) is 15.2. The number of aromatic hydroxyl groups is 4. The van der Waals surface area contributed by atoms with Crippen molar-refractivity contribution in [2.45, 2.75) is 18.9 Å². The van der Waals surface area contributed by atoms with Gasteiger partial charge in [0.1, 0.15) is 34.9 Å². The molecule has 5 heteroatoms. The third-order valence-electron chi connectivity index (χ3n) is 4.83. The van der Waals surface area contributed by atoms with Crippen molar-refractivity contribution in [3.05, 3.63) is 76.9 Å². The number of phenolic OH excluding ortho intramolecular Hbond substituents is 4. The number of hydrogen-bond acceptors (Lipinski definition) is 5. The van der Waals surface area contributed by atoms with Gasteiger partial charge in [-0.2, -0.15) is 0 Å². The van der Waals surface area contributed by atoms with Crippen LogP contribution in [0.1, 0.15) is 35.1 Å².